The molecule has 0 unspecified atom stereocenters. The number of benzene rings is 2. The molecule has 13 heteroatoms. The topological polar surface area (TPSA) is 67.4 Å². The highest BCUT2D eigenvalue weighted by atomic mass is 35.5. The molecule has 0 spiro atoms. The Balaban J connectivity index is 2.14. The molecule has 3 amide bonds. The summed E-state index contributed by atoms with van der Waals surface area (Å²) in [6, 6.07) is 7.76. The molecule has 2 N–H and O–H groups in total. The zero-order valence-electron chi connectivity index (χ0n) is 14.4. The fourth-order valence-electron chi connectivity index (χ4n) is 1.95. The third-order valence-corrected chi connectivity index (χ3v) is 4.04. The number of urea groups is 1. The van der Waals surface area contributed by atoms with E-state index in [1.165, 1.54) is 12.1 Å². The fraction of sp³-hybridized carbons (Fsp3) is 0.176. The second-order valence-corrected chi connectivity index (χ2v) is 6.39. The van der Waals surface area contributed by atoms with Gasteiger partial charge < -0.3 is 10.1 Å². The Labute approximate surface area is 174 Å². The number of carbonyl (C=O) groups excluding carboxylic acids is 2. The van der Waals surface area contributed by atoms with Crippen molar-refractivity contribution in [3.05, 3.63) is 58.1 Å². The van der Waals surface area contributed by atoms with Crippen LogP contribution in [0.15, 0.2) is 42.5 Å². The van der Waals surface area contributed by atoms with E-state index in [2.05, 4.69) is 10.1 Å². The summed E-state index contributed by atoms with van der Waals surface area (Å²) in [5, 5.41) is 2.77. The maximum Gasteiger partial charge on any atom is 0.470 e. The number of alkyl halides is 6. The highest BCUT2D eigenvalue weighted by Crippen LogP contribution is 2.43. The molecule has 162 valence electrons. The van der Waals surface area contributed by atoms with Gasteiger partial charge in [-0.1, -0.05) is 41.4 Å². The Hall–Kier alpha value is -2.66. The molecular weight excluding hydrogens is 465 g/mol. The Morgan fingerprint density at radius 3 is 2.13 bits per heavy atom. The summed E-state index contributed by atoms with van der Waals surface area (Å²) in [6.07, 6.45) is -10.3. The Bertz CT molecular complexity index is 945. The van der Waals surface area contributed by atoms with E-state index in [4.69, 9.17) is 23.2 Å². The van der Waals surface area contributed by atoms with Crippen molar-refractivity contribution in [2.24, 2.45) is 0 Å². The summed E-state index contributed by atoms with van der Waals surface area (Å²) in [5.74, 6) is -7.72. The summed E-state index contributed by atoms with van der Waals surface area (Å²) in [5.41, 5.74) is -0.154. The van der Waals surface area contributed by atoms with E-state index in [0.29, 0.717) is 6.07 Å². The van der Waals surface area contributed by atoms with Crippen molar-refractivity contribution in [3.63, 3.8) is 0 Å². The Kier molecular flexibility index (Phi) is 7.09. The Morgan fingerprint density at radius 1 is 0.967 bits per heavy atom. The quantitative estimate of drug-likeness (QED) is 0.517. The number of amides is 3. The highest BCUT2D eigenvalue weighted by Gasteiger charge is 2.66. The lowest BCUT2D eigenvalue weighted by atomic mass is 10.2. The van der Waals surface area contributed by atoms with Crippen molar-refractivity contribution in [1.29, 1.82) is 0 Å². The minimum atomic E-state index is -5.81. The molecule has 2 aromatic rings. The first-order chi connectivity index (χ1) is 13.8. The van der Waals surface area contributed by atoms with Gasteiger partial charge in [-0.2, -0.15) is 17.6 Å². The van der Waals surface area contributed by atoms with Crippen molar-refractivity contribution in [1.82, 2.24) is 5.32 Å². The van der Waals surface area contributed by atoms with Gasteiger partial charge in [0.05, 0.1) is 15.7 Å². The number of rotatable bonds is 6. The van der Waals surface area contributed by atoms with Crippen LogP contribution >= 0.6 is 23.2 Å². The molecule has 0 radical (unpaired) electrons. The number of hydrogen-bond acceptors (Lipinski definition) is 3. The average Bonchev–Trinajstić information content (AvgIpc) is 2.65. The van der Waals surface area contributed by atoms with Gasteiger partial charge in [-0.3, -0.25) is 10.1 Å². The first-order valence-electron chi connectivity index (χ1n) is 7.74. The third-order valence-electron chi connectivity index (χ3n) is 3.43. The van der Waals surface area contributed by atoms with Crippen LogP contribution in [0, 0.1) is 0 Å². The maximum absolute atomic E-state index is 13.4. The maximum atomic E-state index is 13.4. The summed E-state index contributed by atoms with van der Waals surface area (Å²) >= 11 is 11.4. The molecule has 2 rings (SSSR count). The molecule has 0 heterocycles. The van der Waals surface area contributed by atoms with Crippen LogP contribution in [-0.2, 0) is 0 Å². The highest BCUT2D eigenvalue weighted by molar-refractivity contribution is 6.36. The molecule has 0 saturated heterocycles. The molecule has 0 aliphatic carbocycles. The van der Waals surface area contributed by atoms with Crippen molar-refractivity contribution in [3.8, 4) is 5.75 Å². The summed E-state index contributed by atoms with van der Waals surface area (Å²) in [7, 11) is 0. The smallest absolute Gasteiger partial charge is 0.426 e. The van der Waals surface area contributed by atoms with Crippen LogP contribution in [0.4, 0.5) is 36.8 Å². The Morgan fingerprint density at radius 2 is 1.57 bits per heavy atom. The van der Waals surface area contributed by atoms with Crippen molar-refractivity contribution in [2.75, 3.05) is 5.32 Å². The van der Waals surface area contributed by atoms with E-state index < -0.39 is 46.2 Å². The zero-order valence-corrected chi connectivity index (χ0v) is 15.9. The number of carbonyl (C=O) groups is 2. The first-order valence-corrected chi connectivity index (χ1v) is 8.50. The van der Waals surface area contributed by atoms with E-state index in [-0.39, 0.29) is 11.3 Å². The SMILES string of the molecule is O=C(NC(=O)c1ccccc1)Nc1cc(Cl)c(OC(F)(F)C(F)(F)C(F)F)cc1Cl. The van der Waals surface area contributed by atoms with E-state index in [9.17, 15) is 35.9 Å². The molecule has 0 aliphatic rings. The predicted octanol–water partition coefficient (Wildman–Crippen LogP) is 5.83. The largest absolute Gasteiger partial charge is 0.470 e. The molecule has 0 aromatic heterocycles. The standard InChI is InChI=1S/C17H10Cl2F6N2O3/c18-9-7-12(30-17(24,25)16(22,23)14(20)21)10(19)6-11(9)26-15(29)27-13(28)8-4-2-1-3-5-8/h1-7,14H,(H2,26,27,28,29). The molecule has 2 aromatic carbocycles. The van der Waals surface area contributed by atoms with Crippen LogP contribution in [0.1, 0.15) is 10.4 Å². The van der Waals surface area contributed by atoms with Crippen LogP contribution < -0.4 is 15.4 Å². The van der Waals surface area contributed by atoms with Gasteiger partial charge in [-0.15, -0.1) is 0 Å². The number of nitrogens with one attached hydrogen (secondary N) is 2. The number of anilines is 1. The van der Waals surface area contributed by atoms with Gasteiger partial charge in [0, 0.05) is 11.6 Å². The fourth-order valence-corrected chi connectivity index (χ4v) is 2.36. The van der Waals surface area contributed by atoms with Gasteiger partial charge in [0.25, 0.3) is 5.91 Å². The second-order valence-electron chi connectivity index (χ2n) is 5.58. The van der Waals surface area contributed by atoms with Crippen molar-refractivity contribution in [2.45, 2.75) is 18.5 Å². The number of halogens is 8. The molecular formula is C17H10Cl2F6N2O3. The molecule has 0 fully saturated rings. The third kappa shape index (κ3) is 5.28. The van der Waals surface area contributed by atoms with Crippen molar-refractivity contribution >= 4 is 40.8 Å². The lowest BCUT2D eigenvalue weighted by Gasteiger charge is -2.26. The van der Waals surface area contributed by atoms with Gasteiger partial charge in [0.1, 0.15) is 5.75 Å². The summed E-state index contributed by atoms with van der Waals surface area (Å²) in [6.45, 7) is 0. The van der Waals surface area contributed by atoms with Crippen LogP contribution in [0.2, 0.25) is 10.0 Å². The van der Waals surface area contributed by atoms with Crippen LogP contribution in [0.25, 0.3) is 0 Å². The van der Waals surface area contributed by atoms with Crippen LogP contribution in [0.5, 0.6) is 5.75 Å². The molecule has 0 aliphatic heterocycles. The van der Waals surface area contributed by atoms with E-state index >= 15 is 0 Å². The second kappa shape index (κ2) is 9.00. The minimum absolute atomic E-state index is 0.155. The lowest BCUT2D eigenvalue weighted by molar-refractivity contribution is -0.342. The first kappa shape index (κ1) is 23.6. The molecule has 0 atom stereocenters. The summed E-state index contributed by atoms with van der Waals surface area (Å²) in [4.78, 5) is 23.8. The average molecular weight is 475 g/mol. The van der Waals surface area contributed by atoms with Gasteiger partial charge >= 0.3 is 24.5 Å². The molecule has 0 saturated carbocycles. The van der Waals surface area contributed by atoms with Gasteiger partial charge in [-0.25, -0.2) is 13.6 Å². The normalized spacial score (nSPS) is 11.9. The van der Waals surface area contributed by atoms with Crippen molar-refractivity contribution < 1.29 is 40.7 Å². The molecule has 0 bridgehead atoms. The molecule has 5 nitrogen and oxygen atoms in total. The zero-order chi connectivity index (χ0) is 22.7. The number of hydrogen-bond donors (Lipinski definition) is 2. The van der Waals surface area contributed by atoms with E-state index in [1.54, 1.807) is 18.2 Å². The van der Waals surface area contributed by atoms with Gasteiger partial charge in [-0.05, 0) is 18.2 Å². The number of imide groups is 1. The minimum Gasteiger partial charge on any atom is -0.426 e. The predicted molar refractivity (Wildman–Crippen MR) is 95.9 cm³/mol. The molecule has 30 heavy (non-hydrogen) atoms. The monoisotopic (exact) mass is 474 g/mol. The van der Waals surface area contributed by atoms with E-state index in [1.807, 2.05) is 5.32 Å². The van der Waals surface area contributed by atoms with Crippen LogP contribution in [-0.4, -0.2) is 30.4 Å². The van der Waals surface area contributed by atoms with Crippen LogP contribution in [0.3, 0.4) is 0 Å². The van der Waals surface area contributed by atoms with Gasteiger partial charge in [0.2, 0.25) is 0 Å². The van der Waals surface area contributed by atoms with Gasteiger partial charge in [0.15, 0.2) is 0 Å². The lowest BCUT2D eigenvalue weighted by Crippen LogP contribution is -2.50. The summed E-state index contributed by atoms with van der Waals surface area (Å²) < 4.78 is 80.7. The van der Waals surface area contributed by atoms with E-state index in [0.717, 1.165) is 6.07 Å². The number of ether oxygens (including phenoxy) is 1.